The fourth-order valence-corrected chi connectivity index (χ4v) is 3.82. The first-order chi connectivity index (χ1) is 15.2. The van der Waals surface area contributed by atoms with Crippen LogP contribution < -0.4 is 21.8 Å². The molecule has 3 amide bonds. The molecular formula is C24H33N5O3. The second-order valence-electron chi connectivity index (χ2n) is 9.32. The lowest BCUT2D eigenvalue weighted by Gasteiger charge is -2.20. The smallest absolute Gasteiger partial charge is 0.320 e. The fourth-order valence-electron chi connectivity index (χ4n) is 3.82. The Morgan fingerprint density at radius 2 is 1.94 bits per heavy atom. The molecule has 172 valence electrons. The number of anilines is 2. The molecule has 1 aliphatic carbocycles. The highest BCUT2D eigenvalue weighted by atomic mass is 16.6. The second kappa shape index (κ2) is 10.5. The van der Waals surface area contributed by atoms with Crippen LogP contribution in [0.3, 0.4) is 0 Å². The van der Waals surface area contributed by atoms with Crippen LogP contribution in [0.5, 0.6) is 0 Å². The minimum atomic E-state index is -0.359. The first-order valence-corrected chi connectivity index (χ1v) is 11.0. The number of aromatic nitrogens is 1. The van der Waals surface area contributed by atoms with Gasteiger partial charge in [-0.05, 0) is 74.9 Å². The fraction of sp³-hybridized carbons (Fsp3) is 0.458. The number of urea groups is 1. The van der Waals surface area contributed by atoms with E-state index >= 15 is 0 Å². The van der Waals surface area contributed by atoms with E-state index < -0.39 is 0 Å². The lowest BCUT2D eigenvalue weighted by atomic mass is 9.98. The number of nitrogen functional groups attached to an aromatic ring is 1. The van der Waals surface area contributed by atoms with Gasteiger partial charge in [0.15, 0.2) is 0 Å². The standard InChI is InChI=1S/C24H33N5O3/c1-24(2,3)28-23(31)27-21-14-17(11-12-26-21)13-19-18(9-6-10-20(19)25)22(30)29-32-15-16-7-4-5-8-16/h6,9-12,14,16H,4-5,7-8,13,15,25H2,1-3H3,(H,29,30)(H2,26,27,28,31). The van der Waals surface area contributed by atoms with Gasteiger partial charge in [-0.25, -0.2) is 15.3 Å². The zero-order valence-corrected chi connectivity index (χ0v) is 19.0. The summed E-state index contributed by atoms with van der Waals surface area (Å²) in [6, 6.07) is 8.52. The van der Waals surface area contributed by atoms with E-state index in [2.05, 4.69) is 21.1 Å². The van der Waals surface area contributed by atoms with E-state index in [-0.39, 0.29) is 17.5 Å². The van der Waals surface area contributed by atoms with Gasteiger partial charge in [-0.2, -0.15) is 0 Å². The van der Waals surface area contributed by atoms with E-state index in [1.54, 1.807) is 30.5 Å². The van der Waals surface area contributed by atoms with Crippen molar-refractivity contribution in [3.05, 3.63) is 53.2 Å². The number of nitrogens with zero attached hydrogens (tertiary/aromatic N) is 1. The van der Waals surface area contributed by atoms with Crippen molar-refractivity contribution >= 4 is 23.4 Å². The molecule has 0 atom stereocenters. The predicted molar refractivity (Wildman–Crippen MR) is 125 cm³/mol. The van der Waals surface area contributed by atoms with Crippen LogP contribution in [0.15, 0.2) is 36.5 Å². The van der Waals surface area contributed by atoms with Crippen molar-refractivity contribution in [3.63, 3.8) is 0 Å². The number of hydroxylamine groups is 1. The largest absolute Gasteiger partial charge is 0.398 e. The van der Waals surface area contributed by atoms with Crippen LogP contribution in [0.1, 0.15) is 67.9 Å². The Morgan fingerprint density at radius 3 is 2.66 bits per heavy atom. The Bertz CT molecular complexity index is 949. The molecule has 0 unspecified atom stereocenters. The molecule has 5 N–H and O–H groups in total. The number of hydrogen-bond acceptors (Lipinski definition) is 5. The van der Waals surface area contributed by atoms with E-state index in [0.29, 0.717) is 41.6 Å². The maximum atomic E-state index is 12.8. The quantitative estimate of drug-likeness (QED) is 0.384. The van der Waals surface area contributed by atoms with Gasteiger partial charge in [0.2, 0.25) is 0 Å². The maximum absolute atomic E-state index is 12.8. The van der Waals surface area contributed by atoms with E-state index in [1.807, 2.05) is 26.8 Å². The highest BCUT2D eigenvalue weighted by Crippen LogP contribution is 2.25. The third kappa shape index (κ3) is 6.95. The molecule has 1 aromatic carbocycles. The number of hydrogen-bond donors (Lipinski definition) is 4. The molecule has 0 aliphatic heterocycles. The van der Waals surface area contributed by atoms with Crippen LogP contribution in [0, 0.1) is 5.92 Å². The summed E-state index contributed by atoms with van der Waals surface area (Å²) in [4.78, 5) is 34.6. The van der Waals surface area contributed by atoms with E-state index in [4.69, 9.17) is 10.6 Å². The summed E-state index contributed by atoms with van der Waals surface area (Å²) in [5.74, 6) is 0.612. The number of nitrogens with one attached hydrogen (secondary N) is 3. The summed E-state index contributed by atoms with van der Waals surface area (Å²) >= 11 is 0. The van der Waals surface area contributed by atoms with Crippen molar-refractivity contribution in [3.8, 4) is 0 Å². The zero-order valence-electron chi connectivity index (χ0n) is 19.0. The van der Waals surface area contributed by atoms with Gasteiger partial charge in [0.25, 0.3) is 5.91 Å². The van der Waals surface area contributed by atoms with E-state index in [0.717, 1.165) is 18.4 Å². The lowest BCUT2D eigenvalue weighted by Crippen LogP contribution is -2.43. The first-order valence-electron chi connectivity index (χ1n) is 11.0. The van der Waals surface area contributed by atoms with E-state index in [9.17, 15) is 9.59 Å². The molecule has 1 aromatic heterocycles. The van der Waals surface area contributed by atoms with Crippen molar-refractivity contribution in [1.29, 1.82) is 0 Å². The molecule has 8 nitrogen and oxygen atoms in total. The normalized spacial score (nSPS) is 14.2. The molecule has 0 spiro atoms. The highest BCUT2D eigenvalue weighted by molar-refractivity contribution is 5.96. The van der Waals surface area contributed by atoms with Crippen LogP contribution >= 0.6 is 0 Å². The Morgan fingerprint density at radius 1 is 1.19 bits per heavy atom. The highest BCUT2D eigenvalue weighted by Gasteiger charge is 2.18. The minimum Gasteiger partial charge on any atom is -0.398 e. The Hall–Kier alpha value is -3.13. The molecular weight excluding hydrogens is 406 g/mol. The van der Waals surface area contributed by atoms with Crippen molar-refractivity contribution in [2.45, 2.75) is 58.4 Å². The first kappa shape index (κ1) is 23.5. The maximum Gasteiger partial charge on any atom is 0.320 e. The molecule has 3 rings (SSSR count). The molecule has 8 heteroatoms. The molecule has 0 radical (unpaired) electrons. The van der Waals surface area contributed by atoms with Gasteiger partial charge < -0.3 is 11.1 Å². The molecule has 1 fully saturated rings. The van der Waals surface area contributed by atoms with Crippen LogP contribution in [-0.4, -0.2) is 29.1 Å². The average molecular weight is 440 g/mol. The Labute approximate surface area is 189 Å². The second-order valence-corrected chi connectivity index (χ2v) is 9.32. The number of benzene rings is 1. The van der Waals surface area contributed by atoms with Crippen molar-refractivity contribution in [2.24, 2.45) is 5.92 Å². The summed E-state index contributed by atoms with van der Waals surface area (Å²) in [6.07, 6.45) is 6.77. The van der Waals surface area contributed by atoms with E-state index in [1.165, 1.54) is 12.8 Å². The predicted octanol–water partition coefficient (Wildman–Crippen LogP) is 4.03. The van der Waals surface area contributed by atoms with Crippen LogP contribution in [-0.2, 0) is 11.3 Å². The van der Waals surface area contributed by atoms with Crippen LogP contribution in [0.2, 0.25) is 0 Å². The number of pyridine rings is 1. The lowest BCUT2D eigenvalue weighted by molar-refractivity contribution is 0.0171. The topological polar surface area (TPSA) is 118 Å². The van der Waals surface area contributed by atoms with Gasteiger partial charge in [0.1, 0.15) is 5.82 Å². The molecule has 2 aromatic rings. The van der Waals surface area contributed by atoms with Gasteiger partial charge in [-0.15, -0.1) is 0 Å². The number of amides is 3. The van der Waals surface area contributed by atoms with Gasteiger partial charge in [0.05, 0.1) is 6.61 Å². The molecule has 1 saturated carbocycles. The molecule has 0 bridgehead atoms. The summed E-state index contributed by atoms with van der Waals surface area (Å²) in [5.41, 5.74) is 11.0. The van der Waals surface area contributed by atoms with Gasteiger partial charge >= 0.3 is 6.03 Å². The Balaban J connectivity index is 1.67. The monoisotopic (exact) mass is 439 g/mol. The van der Waals surface area contributed by atoms with Crippen molar-refractivity contribution < 1.29 is 14.4 Å². The molecule has 32 heavy (non-hydrogen) atoms. The number of carbonyl (C=O) groups is 2. The number of nitrogens with two attached hydrogens (primary N) is 1. The van der Waals surface area contributed by atoms with Crippen LogP contribution in [0.4, 0.5) is 16.3 Å². The van der Waals surface area contributed by atoms with Gasteiger partial charge in [-0.3, -0.25) is 14.9 Å². The summed E-state index contributed by atoms with van der Waals surface area (Å²) in [7, 11) is 0. The Kier molecular flexibility index (Phi) is 7.69. The summed E-state index contributed by atoms with van der Waals surface area (Å²) in [5, 5.41) is 5.57. The summed E-state index contributed by atoms with van der Waals surface area (Å²) < 4.78 is 0. The minimum absolute atomic E-state index is 0.317. The SMILES string of the molecule is CC(C)(C)NC(=O)Nc1cc(Cc2c(N)cccc2C(=O)NOCC2CCCC2)ccn1. The third-order valence-corrected chi connectivity index (χ3v) is 5.35. The number of rotatable bonds is 7. The molecule has 0 saturated heterocycles. The molecule has 1 aliphatic rings. The van der Waals surface area contributed by atoms with Gasteiger partial charge in [-0.1, -0.05) is 18.9 Å². The number of carbonyl (C=O) groups excluding carboxylic acids is 2. The van der Waals surface area contributed by atoms with Crippen LogP contribution in [0.25, 0.3) is 0 Å². The van der Waals surface area contributed by atoms with Gasteiger partial charge in [0, 0.05) is 29.4 Å². The third-order valence-electron chi connectivity index (χ3n) is 5.35. The van der Waals surface area contributed by atoms with Crippen molar-refractivity contribution in [1.82, 2.24) is 15.8 Å². The summed E-state index contributed by atoms with van der Waals surface area (Å²) in [6.45, 7) is 6.23. The average Bonchev–Trinajstić information content (AvgIpc) is 3.21. The van der Waals surface area contributed by atoms with Crippen molar-refractivity contribution in [2.75, 3.05) is 17.7 Å². The molecule has 1 heterocycles. The zero-order chi connectivity index (χ0) is 23.1.